The smallest absolute Gasteiger partial charge is 0.227 e. The minimum absolute atomic E-state index is 0.0964. The number of aromatic nitrogens is 3. The Balaban J connectivity index is 1.70. The molecule has 1 N–H and O–H groups in total. The molecule has 1 fully saturated rings. The molecule has 7 nitrogen and oxygen atoms in total. The molecule has 2 aromatic rings. The van der Waals surface area contributed by atoms with E-state index in [1.165, 1.54) is 0 Å². The summed E-state index contributed by atoms with van der Waals surface area (Å²) in [4.78, 5) is 19.1. The van der Waals surface area contributed by atoms with Gasteiger partial charge in [-0.15, -0.1) is 0 Å². The van der Waals surface area contributed by atoms with Crippen molar-refractivity contribution in [1.82, 2.24) is 20.1 Å². The van der Waals surface area contributed by atoms with Crippen molar-refractivity contribution >= 4 is 5.91 Å². The number of amides is 1. The normalized spacial score (nSPS) is 20.0. The Bertz CT molecular complexity index is 731. The number of carbonyl (C=O) groups is 1. The molecule has 2 atom stereocenters. The molecule has 0 saturated carbocycles. The quantitative estimate of drug-likeness (QED) is 0.860. The Morgan fingerprint density at radius 1 is 1.36 bits per heavy atom. The number of nitrogens with one attached hydrogen (secondary N) is 1. The summed E-state index contributed by atoms with van der Waals surface area (Å²) >= 11 is 0. The van der Waals surface area contributed by atoms with Crippen molar-refractivity contribution in [3.05, 3.63) is 41.5 Å². The van der Waals surface area contributed by atoms with Crippen molar-refractivity contribution in [2.24, 2.45) is 5.92 Å². The lowest BCUT2D eigenvalue weighted by atomic mass is 9.96. The van der Waals surface area contributed by atoms with Crippen LogP contribution in [-0.2, 0) is 16.0 Å². The lowest BCUT2D eigenvalue weighted by Crippen LogP contribution is -2.30. The van der Waals surface area contributed by atoms with Crippen molar-refractivity contribution in [2.45, 2.75) is 19.3 Å². The van der Waals surface area contributed by atoms with E-state index >= 15 is 0 Å². The minimum Gasteiger partial charge on any atom is -0.497 e. The predicted octanol–water partition coefficient (Wildman–Crippen LogP) is 1.55. The number of rotatable bonds is 6. The maximum atomic E-state index is 12.7. The molecule has 0 radical (unpaired) electrons. The van der Waals surface area contributed by atoms with Crippen LogP contribution in [0, 0.1) is 12.8 Å². The second-order valence-corrected chi connectivity index (χ2v) is 6.43. The highest BCUT2D eigenvalue weighted by molar-refractivity contribution is 5.79. The van der Waals surface area contributed by atoms with Gasteiger partial charge in [-0.25, -0.2) is 4.98 Å². The van der Waals surface area contributed by atoms with Gasteiger partial charge in [-0.2, -0.15) is 5.10 Å². The van der Waals surface area contributed by atoms with Crippen molar-refractivity contribution in [2.75, 3.05) is 33.9 Å². The average Bonchev–Trinajstić information content (AvgIpc) is 3.21. The van der Waals surface area contributed by atoms with Gasteiger partial charge < -0.3 is 14.4 Å². The van der Waals surface area contributed by atoms with Crippen molar-refractivity contribution in [3.63, 3.8) is 0 Å². The van der Waals surface area contributed by atoms with Crippen LogP contribution >= 0.6 is 0 Å². The predicted molar refractivity (Wildman–Crippen MR) is 92.5 cm³/mol. The van der Waals surface area contributed by atoms with Crippen LogP contribution in [0.5, 0.6) is 5.75 Å². The number of hydrogen-bond acceptors (Lipinski definition) is 5. The number of benzene rings is 1. The monoisotopic (exact) mass is 344 g/mol. The number of aromatic amines is 1. The highest BCUT2D eigenvalue weighted by Gasteiger charge is 2.38. The Hall–Kier alpha value is -2.41. The molecule has 1 aliphatic heterocycles. The number of aryl methyl sites for hydroxylation is 1. The molecule has 7 heteroatoms. The molecule has 3 rings (SSSR count). The molecular weight excluding hydrogens is 320 g/mol. The first-order chi connectivity index (χ1) is 12.1. The molecule has 1 amide bonds. The molecule has 0 spiro atoms. The molecule has 25 heavy (non-hydrogen) atoms. The van der Waals surface area contributed by atoms with Crippen LogP contribution in [0.3, 0.4) is 0 Å². The molecule has 1 aromatic carbocycles. The maximum absolute atomic E-state index is 12.7. The van der Waals surface area contributed by atoms with E-state index in [1.54, 1.807) is 14.2 Å². The van der Waals surface area contributed by atoms with E-state index in [-0.39, 0.29) is 17.7 Å². The number of nitrogens with zero attached hydrogens (tertiary/aromatic N) is 3. The van der Waals surface area contributed by atoms with Gasteiger partial charge >= 0.3 is 0 Å². The maximum Gasteiger partial charge on any atom is 0.227 e. The third-order valence-electron chi connectivity index (χ3n) is 4.61. The second kappa shape index (κ2) is 7.65. The molecule has 0 unspecified atom stereocenters. The third kappa shape index (κ3) is 3.99. The van der Waals surface area contributed by atoms with E-state index < -0.39 is 0 Å². The summed E-state index contributed by atoms with van der Waals surface area (Å²) in [5, 5.41) is 7.17. The van der Waals surface area contributed by atoms with Crippen LogP contribution in [0.4, 0.5) is 0 Å². The van der Waals surface area contributed by atoms with E-state index in [9.17, 15) is 4.79 Å². The summed E-state index contributed by atoms with van der Waals surface area (Å²) in [7, 11) is 3.31. The highest BCUT2D eigenvalue weighted by atomic mass is 16.5. The molecular formula is C18H24N4O3. The summed E-state index contributed by atoms with van der Waals surface area (Å²) in [5.74, 6) is 2.71. The molecule has 2 heterocycles. The van der Waals surface area contributed by atoms with Gasteiger partial charge in [0, 0.05) is 32.0 Å². The van der Waals surface area contributed by atoms with E-state index in [0.29, 0.717) is 26.1 Å². The standard InChI is InChI=1S/C18H24N4O3/c1-12-19-18(21-20-12)16-10-22(9-14(16)11-24-2)17(23)8-13-5-4-6-15(7-13)25-3/h4-7,14,16H,8-11H2,1-3H3,(H,19,20,21)/t14-,16+/m0/s1. The number of hydrogen-bond donors (Lipinski definition) is 1. The number of likely N-dealkylation sites (tertiary alicyclic amines) is 1. The van der Waals surface area contributed by atoms with Crippen LogP contribution < -0.4 is 4.74 Å². The zero-order valence-electron chi connectivity index (χ0n) is 14.9. The summed E-state index contributed by atoms with van der Waals surface area (Å²) in [5.41, 5.74) is 0.949. The fourth-order valence-electron chi connectivity index (χ4n) is 3.35. The summed E-state index contributed by atoms with van der Waals surface area (Å²) in [6.07, 6.45) is 0.358. The third-order valence-corrected chi connectivity index (χ3v) is 4.61. The average molecular weight is 344 g/mol. The van der Waals surface area contributed by atoms with E-state index in [4.69, 9.17) is 9.47 Å². The van der Waals surface area contributed by atoms with Gasteiger partial charge in [0.15, 0.2) is 5.82 Å². The van der Waals surface area contributed by atoms with Crippen LogP contribution in [0.2, 0.25) is 0 Å². The molecule has 0 aliphatic carbocycles. The Kier molecular flexibility index (Phi) is 5.33. The van der Waals surface area contributed by atoms with Gasteiger partial charge in [-0.05, 0) is 24.6 Å². The SMILES string of the molecule is COC[C@@H]1CN(C(=O)Cc2cccc(OC)c2)C[C@H]1c1n[nH]c(C)n1. The highest BCUT2D eigenvalue weighted by Crippen LogP contribution is 2.31. The summed E-state index contributed by atoms with van der Waals surface area (Å²) in [6.45, 7) is 3.74. The van der Waals surface area contributed by atoms with Crippen molar-refractivity contribution in [3.8, 4) is 5.75 Å². The number of methoxy groups -OCH3 is 2. The van der Waals surface area contributed by atoms with Crippen molar-refractivity contribution < 1.29 is 14.3 Å². The van der Waals surface area contributed by atoms with Crippen LogP contribution in [0.25, 0.3) is 0 Å². The first kappa shape index (κ1) is 17.4. The Morgan fingerprint density at radius 3 is 2.88 bits per heavy atom. The van der Waals surface area contributed by atoms with Gasteiger partial charge in [0.25, 0.3) is 0 Å². The van der Waals surface area contributed by atoms with Crippen LogP contribution in [0.1, 0.15) is 23.1 Å². The largest absolute Gasteiger partial charge is 0.497 e. The zero-order valence-corrected chi connectivity index (χ0v) is 14.9. The van der Waals surface area contributed by atoms with Crippen LogP contribution in [-0.4, -0.2) is 59.9 Å². The van der Waals surface area contributed by atoms with Gasteiger partial charge in [0.2, 0.25) is 5.91 Å². The van der Waals surface area contributed by atoms with Gasteiger partial charge in [-0.1, -0.05) is 12.1 Å². The lowest BCUT2D eigenvalue weighted by Gasteiger charge is -2.16. The van der Waals surface area contributed by atoms with Gasteiger partial charge in [0.05, 0.1) is 20.1 Å². The molecule has 1 saturated heterocycles. The summed E-state index contributed by atoms with van der Waals surface area (Å²) < 4.78 is 10.6. The topological polar surface area (TPSA) is 80.3 Å². The van der Waals surface area contributed by atoms with E-state index in [1.807, 2.05) is 36.1 Å². The summed E-state index contributed by atoms with van der Waals surface area (Å²) in [6, 6.07) is 7.62. The molecule has 134 valence electrons. The number of H-pyrrole nitrogens is 1. The zero-order chi connectivity index (χ0) is 17.8. The Morgan fingerprint density at radius 2 is 2.20 bits per heavy atom. The van der Waals surface area contributed by atoms with E-state index in [2.05, 4.69) is 15.2 Å². The second-order valence-electron chi connectivity index (χ2n) is 6.43. The first-order valence-corrected chi connectivity index (χ1v) is 8.39. The lowest BCUT2D eigenvalue weighted by molar-refractivity contribution is -0.129. The van der Waals surface area contributed by atoms with Crippen molar-refractivity contribution in [1.29, 1.82) is 0 Å². The van der Waals surface area contributed by atoms with Gasteiger partial charge in [0.1, 0.15) is 11.6 Å². The molecule has 1 aliphatic rings. The molecule has 0 bridgehead atoms. The minimum atomic E-state index is 0.0964. The number of ether oxygens (including phenoxy) is 2. The van der Waals surface area contributed by atoms with Crippen LogP contribution in [0.15, 0.2) is 24.3 Å². The van der Waals surface area contributed by atoms with Gasteiger partial charge in [-0.3, -0.25) is 9.89 Å². The molecule has 1 aromatic heterocycles. The fourth-order valence-corrected chi connectivity index (χ4v) is 3.35. The fraction of sp³-hybridized carbons (Fsp3) is 0.500. The first-order valence-electron chi connectivity index (χ1n) is 8.39. The Labute approximate surface area is 147 Å². The van der Waals surface area contributed by atoms with E-state index in [0.717, 1.165) is 23.0 Å². The number of carbonyl (C=O) groups excluding carboxylic acids is 1.